The average Bonchev–Trinajstić information content (AvgIpc) is 2.51. The van der Waals surface area contributed by atoms with Crippen LogP contribution in [0.3, 0.4) is 0 Å². The Bertz CT molecular complexity index is 624. The fraction of sp³-hybridized carbons (Fsp3) is 0.353. The Morgan fingerprint density at radius 3 is 2.57 bits per heavy atom. The Morgan fingerprint density at radius 1 is 1.14 bits per heavy atom. The molecule has 112 valence electrons. The maximum Gasteiger partial charge on any atom is 0.164 e. The van der Waals surface area contributed by atoms with Crippen LogP contribution >= 0.6 is 0 Å². The molecule has 0 aliphatic rings. The molecule has 0 spiro atoms. The van der Waals surface area contributed by atoms with E-state index in [2.05, 4.69) is 0 Å². The molecule has 2 N–H and O–H groups in total. The topological polar surface area (TPSA) is 61.5 Å². The second kappa shape index (κ2) is 7.20. The lowest BCUT2D eigenvalue weighted by Gasteiger charge is -2.10. The number of methoxy groups -OCH3 is 2. The number of carbonyl (C=O) groups is 1. The second-order valence-electron chi connectivity index (χ2n) is 5.10. The molecule has 1 atom stereocenters. The van der Waals surface area contributed by atoms with E-state index in [9.17, 15) is 4.79 Å². The molecule has 0 aliphatic heterocycles. The summed E-state index contributed by atoms with van der Waals surface area (Å²) >= 11 is 0. The number of fused-ring (bicyclic) bond motifs is 1. The van der Waals surface area contributed by atoms with Crippen molar-refractivity contribution in [3.63, 3.8) is 0 Å². The summed E-state index contributed by atoms with van der Waals surface area (Å²) < 4.78 is 10.2. The van der Waals surface area contributed by atoms with Gasteiger partial charge < -0.3 is 15.2 Å². The summed E-state index contributed by atoms with van der Waals surface area (Å²) in [7, 11) is 3.27. The van der Waals surface area contributed by atoms with E-state index in [-0.39, 0.29) is 11.8 Å². The third kappa shape index (κ3) is 4.03. The van der Waals surface area contributed by atoms with Crippen LogP contribution in [0, 0.1) is 0 Å². The largest absolute Gasteiger partial charge is 0.497 e. The zero-order chi connectivity index (χ0) is 15.2. The Balaban J connectivity index is 2.13. The molecule has 4 nitrogen and oxygen atoms in total. The predicted molar refractivity (Wildman–Crippen MR) is 83.9 cm³/mol. The standard InChI is InChI=1S/C17H21NO3/c1-20-8-7-15(18)11-17(19)14-4-3-13-10-16(21-2)6-5-12(13)9-14/h3-6,9-10,15H,7-8,11,18H2,1-2H3. The number of nitrogens with two attached hydrogens (primary N) is 1. The van der Waals surface area contributed by atoms with Gasteiger partial charge in [0.1, 0.15) is 5.75 Å². The van der Waals surface area contributed by atoms with Crippen LogP contribution in [0.25, 0.3) is 10.8 Å². The van der Waals surface area contributed by atoms with E-state index in [0.29, 0.717) is 25.0 Å². The summed E-state index contributed by atoms with van der Waals surface area (Å²) in [6.45, 7) is 0.575. The smallest absolute Gasteiger partial charge is 0.164 e. The van der Waals surface area contributed by atoms with E-state index >= 15 is 0 Å². The van der Waals surface area contributed by atoms with Crippen LogP contribution in [0.1, 0.15) is 23.2 Å². The molecule has 4 heteroatoms. The van der Waals surface area contributed by atoms with Crippen molar-refractivity contribution in [1.29, 1.82) is 0 Å². The quantitative estimate of drug-likeness (QED) is 0.795. The van der Waals surface area contributed by atoms with Gasteiger partial charge in [-0.1, -0.05) is 18.2 Å². The molecule has 0 radical (unpaired) electrons. The van der Waals surface area contributed by atoms with Gasteiger partial charge in [-0.2, -0.15) is 0 Å². The molecule has 0 heterocycles. The van der Waals surface area contributed by atoms with Gasteiger partial charge in [0.2, 0.25) is 0 Å². The third-order valence-corrected chi connectivity index (χ3v) is 3.51. The maximum atomic E-state index is 12.2. The van der Waals surface area contributed by atoms with Crippen LogP contribution in [0.15, 0.2) is 36.4 Å². The highest BCUT2D eigenvalue weighted by Gasteiger charge is 2.12. The second-order valence-corrected chi connectivity index (χ2v) is 5.10. The van der Waals surface area contributed by atoms with E-state index in [1.807, 2.05) is 36.4 Å². The molecule has 0 saturated heterocycles. The van der Waals surface area contributed by atoms with Crippen LogP contribution in [0.5, 0.6) is 5.75 Å². The Labute approximate surface area is 124 Å². The SMILES string of the molecule is COCCC(N)CC(=O)c1ccc2cc(OC)ccc2c1. The van der Waals surface area contributed by atoms with Crippen molar-refractivity contribution in [1.82, 2.24) is 0 Å². The molecule has 0 saturated carbocycles. The number of hydrogen-bond acceptors (Lipinski definition) is 4. The van der Waals surface area contributed by atoms with Crippen molar-refractivity contribution in [2.45, 2.75) is 18.9 Å². The fourth-order valence-electron chi connectivity index (χ4n) is 2.25. The normalized spacial score (nSPS) is 12.3. The van der Waals surface area contributed by atoms with Crippen LogP contribution in [-0.4, -0.2) is 32.7 Å². The summed E-state index contributed by atoms with van der Waals surface area (Å²) in [6, 6.07) is 11.3. The van der Waals surface area contributed by atoms with Gasteiger partial charge in [0.25, 0.3) is 0 Å². The minimum Gasteiger partial charge on any atom is -0.497 e. The van der Waals surface area contributed by atoms with Crippen LogP contribution in [0.4, 0.5) is 0 Å². The molecule has 2 aromatic rings. The number of carbonyl (C=O) groups excluding carboxylic acids is 1. The Morgan fingerprint density at radius 2 is 1.86 bits per heavy atom. The maximum absolute atomic E-state index is 12.2. The first kappa shape index (κ1) is 15.5. The van der Waals surface area contributed by atoms with E-state index in [1.54, 1.807) is 14.2 Å². The van der Waals surface area contributed by atoms with Gasteiger partial charge in [-0.25, -0.2) is 0 Å². The monoisotopic (exact) mass is 287 g/mol. The van der Waals surface area contributed by atoms with Gasteiger partial charge in [0, 0.05) is 31.7 Å². The molecule has 21 heavy (non-hydrogen) atoms. The molecule has 2 aromatic carbocycles. The molecule has 0 amide bonds. The lowest BCUT2D eigenvalue weighted by atomic mass is 9.99. The molecule has 0 aromatic heterocycles. The number of benzene rings is 2. The number of ether oxygens (including phenoxy) is 2. The first-order chi connectivity index (χ1) is 10.1. The fourth-order valence-corrected chi connectivity index (χ4v) is 2.25. The highest BCUT2D eigenvalue weighted by molar-refractivity contribution is 6.00. The van der Waals surface area contributed by atoms with Gasteiger partial charge in [-0.15, -0.1) is 0 Å². The van der Waals surface area contributed by atoms with E-state index < -0.39 is 0 Å². The molecule has 0 aliphatic carbocycles. The van der Waals surface area contributed by atoms with Crippen LogP contribution in [-0.2, 0) is 4.74 Å². The van der Waals surface area contributed by atoms with Crippen molar-refractivity contribution < 1.29 is 14.3 Å². The Hall–Kier alpha value is -1.91. The summed E-state index contributed by atoms with van der Waals surface area (Å²) in [5, 5.41) is 2.07. The van der Waals surface area contributed by atoms with Crippen LogP contribution in [0.2, 0.25) is 0 Å². The van der Waals surface area contributed by atoms with Gasteiger partial charge in [-0.3, -0.25) is 4.79 Å². The van der Waals surface area contributed by atoms with Crippen LogP contribution < -0.4 is 10.5 Å². The molecular weight excluding hydrogens is 266 g/mol. The highest BCUT2D eigenvalue weighted by Crippen LogP contribution is 2.22. The molecular formula is C17H21NO3. The predicted octanol–water partition coefficient (Wildman–Crippen LogP) is 2.79. The first-order valence-corrected chi connectivity index (χ1v) is 6.99. The van der Waals surface area contributed by atoms with E-state index in [0.717, 1.165) is 16.5 Å². The van der Waals surface area contributed by atoms with E-state index in [4.69, 9.17) is 15.2 Å². The lowest BCUT2D eigenvalue weighted by Crippen LogP contribution is -2.25. The van der Waals surface area contributed by atoms with Gasteiger partial charge in [0.05, 0.1) is 7.11 Å². The number of hydrogen-bond donors (Lipinski definition) is 1. The first-order valence-electron chi connectivity index (χ1n) is 6.99. The molecule has 2 rings (SSSR count). The summed E-state index contributed by atoms with van der Waals surface area (Å²) in [5.41, 5.74) is 6.63. The average molecular weight is 287 g/mol. The van der Waals surface area contributed by atoms with Crippen molar-refractivity contribution in [2.24, 2.45) is 5.73 Å². The van der Waals surface area contributed by atoms with Crippen molar-refractivity contribution >= 4 is 16.6 Å². The van der Waals surface area contributed by atoms with Gasteiger partial charge in [0.15, 0.2) is 5.78 Å². The summed E-state index contributed by atoms with van der Waals surface area (Å²) in [4.78, 5) is 12.2. The molecule has 1 unspecified atom stereocenters. The molecule has 0 bridgehead atoms. The minimum absolute atomic E-state index is 0.0660. The summed E-state index contributed by atoms with van der Waals surface area (Å²) in [5.74, 6) is 0.875. The van der Waals surface area contributed by atoms with Gasteiger partial charge >= 0.3 is 0 Å². The third-order valence-electron chi connectivity index (χ3n) is 3.51. The number of ketones is 1. The Kier molecular flexibility index (Phi) is 5.31. The minimum atomic E-state index is -0.163. The summed E-state index contributed by atoms with van der Waals surface area (Å²) in [6.07, 6.45) is 1.03. The zero-order valence-electron chi connectivity index (χ0n) is 12.5. The number of Topliss-reactive ketones (excluding diaryl/α,β-unsaturated/α-hetero) is 1. The van der Waals surface area contributed by atoms with Gasteiger partial charge in [-0.05, 0) is 35.4 Å². The molecule has 0 fully saturated rings. The van der Waals surface area contributed by atoms with Crippen molar-refractivity contribution in [2.75, 3.05) is 20.8 Å². The highest BCUT2D eigenvalue weighted by atomic mass is 16.5. The lowest BCUT2D eigenvalue weighted by molar-refractivity contribution is 0.0967. The van der Waals surface area contributed by atoms with Crippen molar-refractivity contribution in [3.8, 4) is 5.75 Å². The zero-order valence-corrected chi connectivity index (χ0v) is 12.5. The van der Waals surface area contributed by atoms with E-state index in [1.165, 1.54) is 0 Å². The van der Waals surface area contributed by atoms with Crippen molar-refractivity contribution in [3.05, 3.63) is 42.0 Å². The number of rotatable bonds is 7.